The van der Waals surface area contributed by atoms with Gasteiger partial charge in [-0.1, -0.05) is 256 Å². The quantitative estimate of drug-likeness (QED) is 0.165. The molecule has 0 amide bonds. The fourth-order valence-electron chi connectivity index (χ4n) is 23.3. The zero-order chi connectivity index (χ0) is 70.9. The summed E-state index contributed by atoms with van der Waals surface area (Å²) in [4.78, 5) is 5.35. The van der Waals surface area contributed by atoms with Gasteiger partial charge in [-0.15, -0.1) is 0 Å². The van der Waals surface area contributed by atoms with Crippen molar-refractivity contribution < 1.29 is 8.83 Å². The number of hydrogen-bond donors (Lipinski definition) is 0. The van der Waals surface area contributed by atoms with Crippen LogP contribution in [0.1, 0.15) is 79.6 Å². The lowest BCUT2D eigenvalue weighted by molar-refractivity contribution is 0.651. The molecular formula is C101H62B2N4O2. The zero-order valence-corrected chi connectivity index (χ0v) is 59.9. The molecule has 109 heavy (non-hydrogen) atoms. The summed E-state index contributed by atoms with van der Waals surface area (Å²) >= 11 is 0. The number of fused-ring (bicyclic) bond motifs is 36. The van der Waals surface area contributed by atoms with E-state index in [0.717, 1.165) is 50.6 Å². The Hall–Kier alpha value is -13.3. The van der Waals surface area contributed by atoms with Gasteiger partial charge < -0.3 is 27.6 Å². The molecular weight excluding hydrogens is 1320 g/mol. The van der Waals surface area contributed by atoms with Crippen LogP contribution in [0.3, 0.4) is 0 Å². The van der Waals surface area contributed by atoms with Crippen LogP contribution in [0, 0.1) is 13.8 Å². The third-order valence-electron chi connectivity index (χ3n) is 27.2. The molecule has 504 valence electrons. The molecule has 6 aliphatic heterocycles. The molecule has 8 aliphatic rings. The predicted molar refractivity (Wildman–Crippen MR) is 448 cm³/mol. The third-order valence-corrected chi connectivity index (χ3v) is 27.2. The van der Waals surface area contributed by atoms with Gasteiger partial charge in [-0.25, -0.2) is 0 Å². The van der Waals surface area contributed by atoms with E-state index in [-0.39, 0.29) is 19.6 Å². The van der Waals surface area contributed by atoms with E-state index in [9.17, 15) is 0 Å². The number of aryl methyl sites for hydroxylation is 2. The Morgan fingerprint density at radius 1 is 0.349 bits per heavy atom. The zero-order valence-electron chi connectivity index (χ0n) is 59.9. The van der Waals surface area contributed by atoms with Crippen LogP contribution in [-0.2, 0) is 17.3 Å². The van der Waals surface area contributed by atoms with Crippen LogP contribution in [0.15, 0.2) is 312 Å². The molecule has 15 aromatic carbocycles. The van der Waals surface area contributed by atoms with Crippen molar-refractivity contribution in [1.82, 2.24) is 8.96 Å². The minimum Gasteiger partial charge on any atom is -0.454 e. The third kappa shape index (κ3) is 6.62. The summed E-state index contributed by atoms with van der Waals surface area (Å²) in [6.45, 7) is 6.61. The van der Waals surface area contributed by atoms with E-state index >= 15 is 0 Å². The molecule has 2 spiro atoms. The highest BCUT2D eigenvalue weighted by molar-refractivity contribution is 6.91. The number of anilines is 6. The molecule has 1 atom stereocenters. The van der Waals surface area contributed by atoms with Gasteiger partial charge in [0.25, 0.3) is 0 Å². The van der Waals surface area contributed by atoms with Gasteiger partial charge in [-0.05, 0) is 214 Å². The largest absolute Gasteiger partial charge is 0.454 e. The van der Waals surface area contributed by atoms with E-state index in [1.807, 2.05) is 0 Å². The first kappa shape index (κ1) is 58.0. The van der Waals surface area contributed by atoms with Gasteiger partial charge in [0.2, 0.25) is 0 Å². The second-order valence-corrected chi connectivity index (χ2v) is 32.0. The molecule has 6 nitrogen and oxygen atoms in total. The average Bonchev–Trinajstić information content (AvgIpc) is 1.59. The molecule has 2 aliphatic carbocycles. The molecule has 4 aromatic heterocycles. The molecule has 27 rings (SSSR count). The van der Waals surface area contributed by atoms with Crippen LogP contribution >= 0.6 is 0 Å². The molecule has 0 radical (unpaired) electrons. The van der Waals surface area contributed by atoms with Crippen molar-refractivity contribution in [2.24, 2.45) is 0 Å². The van der Waals surface area contributed by atoms with E-state index < -0.39 is 10.8 Å². The molecule has 0 saturated heterocycles. The Kier molecular flexibility index (Phi) is 10.6. The first-order valence-electron chi connectivity index (χ1n) is 38.7. The maximum Gasteiger partial charge on any atom is 0.336 e. The van der Waals surface area contributed by atoms with Gasteiger partial charge in [-0.3, -0.25) is 0 Å². The minimum absolute atomic E-state index is 0.0966. The fourth-order valence-corrected chi connectivity index (χ4v) is 23.3. The summed E-state index contributed by atoms with van der Waals surface area (Å²) in [5.74, 6) is 0.0966. The van der Waals surface area contributed by atoms with E-state index in [2.05, 4.69) is 343 Å². The highest BCUT2D eigenvalue weighted by Gasteiger charge is 2.58. The van der Waals surface area contributed by atoms with Crippen molar-refractivity contribution in [1.29, 1.82) is 0 Å². The topological polar surface area (TPSA) is 42.6 Å². The van der Waals surface area contributed by atoms with Crippen molar-refractivity contribution >= 4 is 136 Å². The number of benzene rings is 15. The molecule has 10 heterocycles. The van der Waals surface area contributed by atoms with Gasteiger partial charge in [0.15, 0.2) is 11.3 Å². The lowest BCUT2D eigenvalue weighted by Crippen LogP contribution is -2.58. The number of para-hydroxylation sites is 7. The summed E-state index contributed by atoms with van der Waals surface area (Å²) in [6, 6.07) is 117. The highest BCUT2D eigenvalue weighted by Crippen LogP contribution is 2.67. The molecule has 0 fully saturated rings. The van der Waals surface area contributed by atoms with Crippen molar-refractivity contribution in [3.63, 3.8) is 0 Å². The van der Waals surface area contributed by atoms with Crippen molar-refractivity contribution in [3.8, 4) is 55.6 Å². The van der Waals surface area contributed by atoms with Crippen molar-refractivity contribution in [3.05, 3.63) is 370 Å². The van der Waals surface area contributed by atoms with E-state index in [4.69, 9.17) is 8.83 Å². The van der Waals surface area contributed by atoms with Gasteiger partial charge in [0.05, 0.1) is 33.1 Å². The Balaban J connectivity index is 0.660. The maximum atomic E-state index is 7.58. The molecule has 0 bridgehead atoms. The number of aromatic nitrogens is 2. The van der Waals surface area contributed by atoms with Gasteiger partial charge in [-0.2, -0.15) is 0 Å². The summed E-state index contributed by atoms with van der Waals surface area (Å²) < 4.78 is 20.1. The van der Waals surface area contributed by atoms with Crippen molar-refractivity contribution in [2.45, 2.75) is 43.9 Å². The Morgan fingerprint density at radius 2 is 0.826 bits per heavy atom. The van der Waals surface area contributed by atoms with Crippen LogP contribution in [0.5, 0.6) is 0 Å². The second kappa shape index (κ2) is 19.8. The lowest BCUT2D eigenvalue weighted by atomic mass is 9.43. The second-order valence-electron chi connectivity index (χ2n) is 32.0. The van der Waals surface area contributed by atoms with Crippen molar-refractivity contribution in [2.75, 3.05) is 9.80 Å². The standard InChI is InChI=1S/C101H62B2N4O2/c1-55-23-18-24-56(2)89(55)60-52-72-66-31-20-33-70-94(66)106(102-81-42-21-40-79-96(81)105(86(54-60)91(72)102)84-45-16-14-39-78(84)100(79)73-34-9-4-25-61(73)62-26-5-10-35-74(62)100)95-68-48-47-58(50-88(68)108-98(70)95)49-57(3)59-51-71-65-30-19-32-69-90-67-29-8-17-46-87(67)109-99(90)107(93(65)69)103-82-43-22-41-80-97(82)104(85(53-59)92(71)103)83-44-15-13-38-77(83)101(80)75-36-11-6-27-63(75)64-28-7-12-37-76(64)101/h4-48,50-54,57H,49H2,1-3H3. The smallest absolute Gasteiger partial charge is 0.336 e. The summed E-state index contributed by atoms with van der Waals surface area (Å²) in [5, 5.41) is 5.80. The van der Waals surface area contributed by atoms with Crippen LogP contribution in [0.25, 0.3) is 122 Å². The number of furan rings is 2. The van der Waals surface area contributed by atoms with E-state index in [0.29, 0.717) is 0 Å². The minimum atomic E-state index is -0.574. The Bertz CT molecular complexity index is 7410. The Labute approximate surface area is 628 Å². The monoisotopic (exact) mass is 1380 g/mol. The Morgan fingerprint density at radius 3 is 1.44 bits per heavy atom. The van der Waals surface area contributed by atoms with Crippen LogP contribution < -0.4 is 31.7 Å². The lowest BCUT2D eigenvalue weighted by Gasteiger charge is -2.49. The SMILES string of the molecule is Cc1cccc(C)c1-c1cc2c3c(c1)N1c4ccccc4C4(c5ccccc5-c5ccccc54)c4cccc(c41)B3n1c3c-2cccc3c2oc3cc(CC(C)c4cc5c6c(c4)N4c7ccccc7C7(c8ccccc8-c8ccccc87)c7cccc(c74)B6n4c6oc7ccccc7c6c6cccc-5c64)ccc3c21. The highest BCUT2D eigenvalue weighted by atomic mass is 16.3. The normalized spacial score (nSPS) is 15.2. The first-order chi connectivity index (χ1) is 53.9. The van der Waals surface area contributed by atoms with Crippen LogP contribution in [0.4, 0.5) is 34.1 Å². The average molecular weight is 1390 g/mol. The predicted octanol–water partition coefficient (Wildman–Crippen LogP) is 22.2. The van der Waals surface area contributed by atoms with E-state index in [1.54, 1.807) is 0 Å². The summed E-state index contributed by atoms with van der Waals surface area (Å²) in [7, 11) is 0. The molecule has 1 unspecified atom stereocenters. The molecule has 0 N–H and O–H groups in total. The number of nitrogens with zero attached hydrogens (tertiary/aromatic N) is 4. The van der Waals surface area contributed by atoms with Gasteiger partial charge in [0.1, 0.15) is 11.2 Å². The first-order valence-corrected chi connectivity index (χ1v) is 38.7. The summed E-state index contributed by atoms with van der Waals surface area (Å²) in [5.41, 5.74) is 47.0. The molecule has 8 heteroatoms. The number of hydrogen-bond acceptors (Lipinski definition) is 4. The van der Waals surface area contributed by atoms with Gasteiger partial charge >= 0.3 is 13.7 Å². The van der Waals surface area contributed by atoms with Gasteiger partial charge in [0, 0.05) is 66.5 Å². The molecule has 0 saturated carbocycles. The van der Waals surface area contributed by atoms with Crippen LogP contribution in [-0.4, -0.2) is 22.7 Å². The van der Waals surface area contributed by atoms with E-state index in [1.165, 1.54) is 200 Å². The fraction of sp³-hybridized carbons (Fsp3) is 0.0693. The molecule has 19 aromatic rings. The number of rotatable bonds is 4. The maximum absolute atomic E-state index is 7.58. The van der Waals surface area contributed by atoms with Crippen LogP contribution in [0.2, 0.25) is 0 Å². The summed E-state index contributed by atoms with van der Waals surface area (Å²) in [6.07, 6.45) is 0.797.